The maximum atomic E-state index is 14.0. The van der Waals surface area contributed by atoms with Crippen LogP contribution in [0, 0.1) is 17.5 Å². The summed E-state index contributed by atoms with van der Waals surface area (Å²) in [6.07, 6.45) is 0.479. The van der Waals surface area contributed by atoms with E-state index in [9.17, 15) is 18.0 Å². The summed E-state index contributed by atoms with van der Waals surface area (Å²) in [6, 6.07) is 9.11. The summed E-state index contributed by atoms with van der Waals surface area (Å²) in [4.78, 5) is 11.4. The molecule has 0 aliphatic rings. The molecule has 0 aliphatic carbocycles. The van der Waals surface area contributed by atoms with Crippen LogP contribution >= 0.6 is 15.9 Å². The minimum atomic E-state index is -1.10. The molecule has 1 heterocycles. The molecule has 0 saturated carbocycles. The number of halogens is 4. The predicted octanol–water partition coefficient (Wildman–Crippen LogP) is 4.53. The van der Waals surface area contributed by atoms with E-state index in [4.69, 9.17) is 0 Å². The first-order valence-corrected chi connectivity index (χ1v) is 7.26. The van der Waals surface area contributed by atoms with E-state index < -0.39 is 17.5 Å². The Labute approximate surface area is 137 Å². The molecule has 0 amide bonds. The maximum Gasteiger partial charge on any atom is 0.168 e. The first-order chi connectivity index (χ1) is 11.0. The van der Waals surface area contributed by atoms with E-state index in [1.807, 2.05) is 0 Å². The Kier molecular flexibility index (Phi) is 4.04. The van der Waals surface area contributed by atoms with Crippen molar-refractivity contribution >= 4 is 22.2 Å². The number of carbonyl (C=O) groups is 1. The monoisotopic (exact) mass is 380 g/mol. The number of hydrogen-bond donors (Lipinski definition) is 0. The van der Waals surface area contributed by atoms with Crippen LogP contribution in [0.4, 0.5) is 13.2 Å². The molecule has 0 atom stereocenters. The lowest BCUT2D eigenvalue weighted by atomic mass is 10.1. The van der Waals surface area contributed by atoms with Crippen LogP contribution in [0.3, 0.4) is 0 Å². The Morgan fingerprint density at radius 1 is 1.09 bits per heavy atom. The molecule has 2 aromatic carbocycles. The SMILES string of the molecule is O=Cc1c(-c2cccc(F)c2F)nn(-c2cccc(F)c2)c1Br. The molecule has 0 fully saturated rings. The Hall–Kier alpha value is -2.41. The van der Waals surface area contributed by atoms with Crippen LogP contribution in [0.5, 0.6) is 0 Å². The van der Waals surface area contributed by atoms with Crippen molar-refractivity contribution in [3.63, 3.8) is 0 Å². The summed E-state index contributed by atoms with van der Waals surface area (Å²) >= 11 is 3.19. The quantitative estimate of drug-likeness (QED) is 0.625. The van der Waals surface area contributed by atoms with Crippen molar-refractivity contribution in [1.82, 2.24) is 9.78 Å². The van der Waals surface area contributed by atoms with Crippen LogP contribution in [0.15, 0.2) is 47.1 Å². The molecule has 0 aliphatic heterocycles. The standard InChI is InChI=1S/C16H8BrF3N2O/c17-16-12(8-23)15(11-5-2-6-13(19)14(11)20)21-22(16)10-4-1-3-9(18)7-10/h1-8H. The van der Waals surface area contributed by atoms with Crippen molar-refractivity contribution < 1.29 is 18.0 Å². The summed E-state index contributed by atoms with van der Waals surface area (Å²) < 4.78 is 42.3. The lowest BCUT2D eigenvalue weighted by molar-refractivity contribution is 0.112. The number of hydrogen-bond acceptors (Lipinski definition) is 2. The summed E-state index contributed by atoms with van der Waals surface area (Å²) in [5.74, 6) is -2.64. The maximum absolute atomic E-state index is 14.0. The molecule has 3 nitrogen and oxygen atoms in total. The predicted molar refractivity (Wildman–Crippen MR) is 82.0 cm³/mol. The molecule has 0 radical (unpaired) electrons. The highest BCUT2D eigenvalue weighted by molar-refractivity contribution is 9.10. The van der Waals surface area contributed by atoms with Crippen LogP contribution in [-0.4, -0.2) is 16.1 Å². The number of benzene rings is 2. The molecule has 3 rings (SSSR count). The van der Waals surface area contributed by atoms with Crippen molar-refractivity contribution in [2.75, 3.05) is 0 Å². The van der Waals surface area contributed by atoms with Gasteiger partial charge < -0.3 is 0 Å². The Balaban J connectivity index is 2.25. The van der Waals surface area contributed by atoms with Gasteiger partial charge in [-0.3, -0.25) is 4.79 Å². The number of aromatic nitrogens is 2. The van der Waals surface area contributed by atoms with E-state index in [0.717, 1.165) is 6.07 Å². The van der Waals surface area contributed by atoms with Gasteiger partial charge in [0.1, 0.15) is 16.1 Å². The highest BCUT2D eigenvalue weighted by atomic mass is 79.9. The van der Waals surface area contributed by atoms with Gasteiger partial charge in [-0.2, -0.15) is 5.10 Å². The van der Waals surface area contributed by atoms with Gasteiger partial charge in [-0.25, -0.2) is 17.9 Å². The zero-order chi connectivity index (χ0) is 16.6. The summed E-state index contributed by atoms with van der Waals surface area (Å²) in [5.41, 5.74) is 0.192. The zero-order valence-electron chi connectivity index (χ0n) is 11.4. The van der Waals surface area contributed by atoms with Gasteiger partial charge in [-0.05, 0) is 46.3 Å². The number of nitrogens with zero attached hydrogens (tertiary/aromatic N) is 2. The molecule has 0 saturated heterocycles. The molecule has 0 N–H and O–H groups in total. The summed E-state index contributed by atoms with van der Waals surface area (Å²) in [5, 5.41) is 4.13. The molecule has 0 bridgehead atoms. The van der Waals surface area contributed by atoms with E-state index in [1.165, 1.54) is 35.0 Å². The molecule has 7 heteroatoms. The van der Waals surface area contributed by atoms with Crippen molar-refractivity contribution in [2.45, 2.75) is 0 Å². The molecule has 3 aromatic rings. The number of aldehydes is 1. The summed E-state index contributed by atoms with van der Waals surface area (Å²) in [7, 11) is 0. The molecular weight excluding hydrogens is 373 g/mol. The van der Waals surface area contributed by atoms with Crippen LogP contribution < -0.4 is 0 Å². The van der Waals surface area contributed by atoms with Gasteiger partial charge in [-0.15, -0.1) is 0 Å². The normalized spacial score (nSPS) is 10.8. The fraction of sp³-hybridized carbons (Fsp3) is 0. The van der Waals surface area contributed by atoms with E-state index in [-0.39, 0.29) is 21.4 Å². The van der Waals surface area contributed by atoms with Gasteiger partial charge in [0, 0.05) is 5.56 Å². The fourth-order valence-corrected chi connectivity index (χ4v) is 2.74. The van der Waals surface area contributed by atoms with Crippen molar-refractivity contribution in [1.29, 1.82) is 0 Å². The summed E-state index contributed by atoms with van der Waals surface area (Å²) in [6.45, 7) is 0. The highest BCUT2D eigenvalue weighted by Crippen LogP contribution is 2.32. The molecule has 0 spiro atoms. The number of carbonyl (C=O) groups excluding carboxylic acids is 1. The van der Waals surface area contributed by atoms with E-state index in [2.05, 4.69) is 21.0 Å². The molecule has 116 valence electrons. The minimum absolute atomic E-state index is 0.0341. The van der Waals surface area contributed by atoms with Gasteiger partial charge in [0.15, 0.2) is 17.9 Å². The second kappa shape index (κ2) is 6.00. The van der Waals surface area contributed by atoms with Crippen LogP contribution in [-0.2, 0) is 0 Å². The van der Waals surface area contributed by atoms with Crippen molar-refractivity contribution in [3.8, 4) is 16.9 Å². The Bertz CT molecular complexity index is 908. The van der Waals surface area contributed by atoms with Crippen LogP contribution in [0.2, 0.25) is 0 Å². The Morgan fingerprint density at radius 2 is 1.83 bits per heavy atom. The average molecular weight is 381 g/mol. The van der Waals surface area contributed by atoms with E-state index >= 15 is 0 Å². The zero-order valence-corrected chi connectivity index (χ0v) is 13.0. The lowest BCUT2D eigenvalue weighted by Gasteiger charge is -2.03. The van der Waals surface area contributed by atoms with E-state index in [1.54, 1.807) is 6.07 Å². The van der Waals surface area contributed by atoms with E-state index in [0.29, 0.717) is 12.0 Å². The fourth-order valence-electron chi connectivity index (χ4n) is 2.18. The third-order valence-corrected chi connectivity index (χ3v) is 4.00. The van der Waals surface area contributed by atoms with Gasteiger partial charge in [0.05, 0.1) is 11.3 Å². The molecular formula is C16H8BrF3N2O. The average Bonchev–Trinajstić information content (AvgIpc) is 2.86. The third kappa shape index (κ3) is 2.68. The molecule has 23 heavy (non-hydrogen) atoms. The number of rotatable bonds is 3. The van der Waals surface area contributed by atoms with Crippen molar-refractivity contribution in [2.24, 2.45) is 0 Å². The second-order valence-corrected chi connectivity index (χ2v) is 5.42. The first-order valence-electron chi connectivity index (χ1n) is 6.47. The van der Waals surface area contributed by atoms with Gasteiger partial charge in [0.2, 0.25) is 0 Å². The molecule has 0 unspecified atom stereocenters. The Morgan fingerprint density at radius 3 is 2.52 bits per heavy atom. The topological polar surface area (TPSA) is 34.9 Å². The van der Waals surface area contributed by atoms with Crippen molar-refractivity contribution in [3.05, 3.63) is 70.1 Å². The van der Waals surface area contributed by atoms with Gasteiger partial charge in [-0.1, -0.05) is 12.1 Å². The smallest absolute Gasteiger partial charge is 0.168 e. The lowest BCUT2D eigenvalue weighted by Crippen LogP contribution is -1.98. The largest absolute Gasteiger partial charge is 0.298 e. The minimum Gasteiger partial charge on any atom is -0.298 e. The van der Waals surface area contributed by atoms with Gasteiger partial charge >= 0.3 is 0 Å². The van der Waals surface area contributed by atoms with Gasteiger partial charge in [0.25, 0.3) is 0 Å². The van der Waals surface area contributed by atoms with Crippen LogP contribution in [0.25, 0.3) is 16.9 Å². The molecule has 1 aromatic heterocycles. The first kappa shape index (κ1) is 15.5. The second-order valence-electron chi connectivity index (χ2n) is 4.66. The third-order valence-electron chi connectivity index (χ3n) is 3.24. The highest BCUT2D eigenvalue weighted by Gasteiger charge is 2.21. The van der Waals surface area contributed by atoms with Crippen LogP contribution in [0.1, 0.15) is 10.4 Å².